The van der Waals surface area contributed by atoms with Crippen LogP contribution in [0.3, 0.4) is 0 Å². The van der Waals surface area contributed by atoms with Crippen molar-refractivity contribution in [3.05, 3.63) is 71.3 Å². The first-order valence-corrected chi connectivity index (χ1v) is 5.80. The molecule has 0 bridgehead atoms. The van der Waals surface area contributed by atoms with E-state index >= 15 is 0 Å². The highest BCUT2D eigenvalue weighted by Gasteiger charge is 2.14. The molecule has 2 rings (SSSR count). The lowest BCUT2D eigenvalue weighted by Gasteiger charge is -2.17. The lowest BCUT2D eigenvalue weighted by Crippen LogP contribution is -2.02. The molecular formula is C16H15N. The van der Waals surface area contributed by atoms with Crippen molar-refractivity contribution in [2.45, 2.75) is 19.3 Å². The molecule has 1 heteroatoms. The van der Waals surface area contributed by atoms with E-state index in [1.807, 2.05) is 30.3 Å². The molecular weight excluding hydrogens is 206 g/mol. The second-order valence-corrected chi connectivity index (χ2v) is 4.18. The van der Waals surface area contributed by atoms with Crippen molar-refractivity contribution < 1.29 is 0 Å². The fourth-order valence-corrected chi connectivity index (χ4v) is 2.16. The van der Waals surface area contributed by atoms with Crippen molar-refractivity contribution in [3.63, 3.8) is 0 Å². The third kappa shape index (κ3) is 2.54. The van der Waals surface area contributed by atoms with Crippen LogP contribution < -0.4 is 0 Å². The van der Waals surface area contributed by atoms with Crippen molar-refractivity contribution in [1.29, 1.82) is 5.26 Å². The maximum Gasteiger partial charge on any atom is 0.0631 e. The molecule has 0 aliphatic carbocycles. The minimum Gasteiger partial charge on any atom is -0.198 e. The average Bonchev–Trinajstić information content (AvgIpc) is 2.38. The number of benzene rings is 2. The molecule has 0 aliphatic heterocycles. The van der Waals surface area contributed by atoms with Gasteiger partial charge in [0.2, 0.25) is 0 Å². The maximum atomic E-state index is 9.00. The van der Waals surface area contributed by atoms with Gasteiger partial charge < -0.3 is 0 Å². The molecule has 0 aromatic heterocycles. The van der Waals surface area contributed by atoms with Crippen LogP contribution in [-0.2, 0) is 0 Å². The largest absolute Gasteiger partial charge is 0.198 e. The summed E-state index contributed by atoms with van der Waals surface area (Å²) in [5, 5.41) is 9.00. The normalized spacial score (nSPS) is 11.8. The van der Waals surface area contributed by atoms with E-state index in [1.165, 1.54) is 16.7 Å². The van der Waals surface area contributed by atoms with E-state index in [2.05, 4.69) is 37.3 Å². The summed E-state index contributed by atoms with van der Waals surface area (Å²) < 4.78 is 0. The molecule has 1 nitrogen and oxygen atoms in total. The summed E-state index contributed by atoms with van der Waals surface area (Å²) in [7, 11) is 0. The van der Waals surface area contributed by atoms with Crippen LogP contribution in [0.4, 0.5) is 0 Å². The van der Waals surface area contributed by atoms with Gasteiger partial charge in [0.05, 0.1) is 6.07 Å². The van der Waals surface area contributed by atoms with Crippen LogP contribution in [0.2, 0.25) is 0 Å². The van der Waals surface area contributed by atoms with Gasteiger partial charge in [0, 0.05) is 12.3 Å². The van der Waals surface area contributed by atoms with Crippen LogP contribution in [0.5, 0.6) is 0 Å². The summed E-state index contributed by atoms with van der Waals surface area (Å²) in [6, 6.07) is 20.8. The van der Waals surface area contributed by atoms with Crippen molar-refractivity contribution in [2.75, 3.05) is 0 Å². The standard InChI is InChI=1S/C16H15N/c1-13-7-5-6-10-15(13)16(11-12-17)14-8-3-2-4-9-14/h2-10,16H,11H2,1H3. The van der Waals surface area contributed by atoms with Gasteiger partial charge in [0.15, 0.2) is 0 Å². The van der Waals surface area contributed by atoms with Crippen molar-refractivity contribution >= 4 is 0 Å². The quantitative estimate of drug-likeness (QED) is 0.767. The molecule has 2 aromatic rings. The third-order valence-electron chi connectivity index (χ3n) is 3.06. The SMILES string of the molecule is Cc1ccccc1C(CC#N)c1ccccc1. The van der Waals surface area contributed by atoms with Gasteiger partial charge in [-0.25, -0.2) is 0 Å². The van der Waals surface area contributed by atoms with Crippen molar-refractivity contribution in [1.82, 2.24) is 0 Å². The number of aryl methyl sites for hydroxylation is 1. The monoisotopic (exact) mass is 221 g/mol. The van der Waals surface area contributed by atoms with Gasteiger partial charge in [-0.05, 0) is 23.6 Å². The number of hydrogen-bond acceptors (Lipinski definition) is 1. The number of rotatable bonds is 3. The Morgan fingerprint density at radius 3 is 2.29 bits per heavy atom. The van der Waals surface area contributed by atoms with Gasteiger partial charge in [0.25, 0.3) is 0 Å². The number of nitrogens with zero attached hydrogens (tertiary/aromatic N) is 1. The van der Waals surface area contributed by atoms with Crippen molar-refractivity contribution in [3.8, 4) is 6.07 Å². The van der Waals surface area contributed by atoms with Gasteiger partial charge in [-0.1, -0.05) is 54.6 Å². The van der Waals surface area contributed by atoms with Crippen LogP contribution >= 0.6 is 0 Å². The van der Waals surface area contributed by atoms with Crippen LogP contribution in [-0.4, -0.2) is 0 Å². The second kappa shape index (κ2) is 5.32. The molecule has 2 aromatic carbocycles. The Kier molecular flexibility index (Phi) is 3.57. The third-order valence-corrected chi connectivity index (χ3v) is 3.06. The van der Waals surface area contributed by atoms with Gasteiger partial charge in [-0.2, -0.15) is 5.26 Å². The van der Waals surface area contributed by atoms with E-state index in [0.717, 1.165) is 0 Å². The predicted octanol–water partition coefficient (Wildman–Crippen LogP) is 4.04. The van der Waals surface area contributed by atoms with E-state index < -0.39 is 0 Å². The second-order valence-electron chi connectivity index (χ2n) is 4.18. The zero-order chi connectivity index (χ0) is 12.1. The summed E-state index contributed by atoms with van der Waals surface area (Å²) in [6.07, 6.45) is 0.523. The molecule has 0 N–H and O–H groups in total. The van der Waals surface area contributed by atoms with Crippen LogP contribution in [0.25, 0.3) is 0 Å². The van der Waals surface area contributed by atoms with E-state index in [1.54, 1.807) is 0 Å². The highest BCUT2D eigenvalue weighted by atomic mass is 14.3. The summed E-state index contributed by atoms with van der Waals surface area (Å²) >= 11 is 0. The van der Waals surface area contributed by atoms with Crippen LogP contribution in [0.1, 0.15) is 29.0 Å². The zero-order valence-corrected chi connectivity index (χ0v) is 9.93. The molecule has 0 amide bonds. The summed E-state index contributed by atoms with van der Waals surface area (Å²) in [6.45, 7) is 2.10. The lowest BCUT2D eigenvalue weighted by molar-refractivity contribution is 0.830. The predicted molar refractivity (Wildman–Crippen MR) is 69.7 cm³/mol. The van der Waals surface area contributed by atoms with E-state index in [4.69, 9.17) is 5.26 Å². The zero-order valence-electron chi connectivity index (χ0n) is 9.93. The Hall–Kier alpha value is -2.07. The molecule has 0 heterocycles. The summed E-state index contributed by atoms with van der Waals surface area (Å²) in [5.41, 5.74) is 3.71. The molecule has 84 valence electrons. The fourth-order valence-electron chi connectivity index (χ4n) is 2.16. The molecule has 0 saturated carbocycles. The summed E-state index contributed by atoms with van der Waals surface area (Å²) in [5.74, 6) is 0.183. The van der Waals surface area contributed by atoms with Crippen LogP contribution in [0.15, 0.2) is 54.6 Å². The lowest BCUT2D eigenvalue weighted by atomic mass is 9.86. The van der Waals surface area contributed by atoms with Crippen LogP contribution in [0, 0.1) is 18.3 Å². The highest BCUT2D eigenvalue weighted by Crippen LogP contribution is 2.29. The average molecular weight is 221 g/mol. The Morgan fingerprint density at radius 1 is 1.00 bits per heavy atom. The Bertz CT molecular complexity index is 523. The highest BCUT2D eigenvalue weighted by molar-refractivity contribution is 5.38. The van der Waals surface area contributed by atoms with Gasteiger partial charge in [0.1, 0.15) is 0 Å². The van der Waals surface area contributed by atoms with E-state index in [-0.39, 0.29) is 5.92 Å². The van der Waals surface area contributed by atoms with E-state index in [9.17, 15) is 0 Å². The summed E-state index contributed by atoms with van der Waals surface area (Å²) in [4.78, 5) is 0. The molecule has 17 heavy (non-hydrogen) atoms. The van der Waals surface area contributed by atoms with Gasteiger partial charge in [-0.15, -0.1) is 0 Å². The fraction of sp³-hybridized carbons (Fsp3) is 0.188. The molecule has 1 unspecified atom stereocenters. The minimum atomic E-state index is 0.183. The Labute approximate surface area is 102 Å². The smallest absolute Gasteiger partial charge is 0.0631 e. The first-order valence-electron chi connectivity index (χ1n) is 5.80. The molecule has 0 radical (unpaired) electrons. The minimum absolute atomic E-state index is 0.183. The molecule has 1 atom stereocenters. The molecule has 0 aliphatic rings. The molecule has 0 saturated heterocycles. The Balaban J connectivity index is 2.44. The Morgan fingerprint density at radius 2 is 1.65 bits per heavy atom. The number of hydrogen-bond donors (Lipinski definition) is 0. The molecule has 0 fully saturated rings. The molecule has 0 spiro atoms. The van der Waals surface area contributed by atoms with Gasteiger partial charge >= 0.3 is 0 Å². The first-order chi connectivity index (χ1) is 8.33. The van der Waals surface area contributed by atoms with E-state index in [0.29, 0.717) is 6.42 Å². The topological polar surface area (TPSA) is 23.8 Å². The first kappa shape index (κ1) is 11.4. The number of nitriles is 1. The maximum absolute atomic E-state index is 9.00. The van der Waals surface area contributed by atoms with Crippen molar-refractivity contribution in [2.24, 2.45) is 0 Å². The van der Waals surface area contributed by atoms with Gasteiger partial charge in [-0.3, -0.25) is 0 Å².